The second kappa shape index (κ2) is 11.7. The lowest BCUT2D eigenvalue weighted by atomic mass is 10.2. The SMILES string of the molecule is COC(CN)CC(=O)Nc1ccc(C)c(Oc2cc(C)ccn2)c1.Cl.Cl. The van der Waals surface area contributed by atoms with Gasteiger partial charge in [-0.15, -0.1) is 24.8 Å². The zero-order valence-electron chi connectivity index (χ0n) is 15.0. The van der Waals surface area contributed by atoms with Crippen molar-refractivity contribution in [2.24, 2.45) is 5.73 Å². The standard InChI is InChI=1S/C18H23N3O3.2ClH/c1-12-6-7-20-18(8-12)24-16-9-14(5-4-13(16)2)21-17(22)10-15(11-19)23-3;;/h4-9,15H,10-11,19H2,1-3H3,(H,21,22);2*1H. The van der Waals surface area contributed by atoms with Crippen molar-refractivity contribution in [3.8, 4) is 11.6 Å². The summed E-state index contributed by atoms with van der Waals surface area (Å²) in [5.74, 6) is 1.01. The van der Waals surface area contributed by atoms with Crippen molar-refractivity contribution in [2.75, 3.05) is 19.0 Å². The second-order valence-corrected chi connectivity index (χ2v) is 5.60. The third kappa shape index (κ3) is 7.17. The highest BCUT2D eigenvalue weighted by atomic mass is 35.5. The van der Waals surface area contributed by atoms with Crippen LogP contribution in [-0.2, 0) is 9.53 Å². The number of amides is 1. The van der Waals surface area contributed by atoms with Crippen LogP contribution in [0.5, 0.6) is 11.6 Å². The van der Waals surface area contributed by atoms with E-state index in [4.69, 9.17) is 15.2 Å². The zero-order valence-corrected chi connectivity index (χ0v) is 16.7. The fraction of sp³-hybridized carbons (Fsp3) is 0.333. The summed E-state index contributed by atoms with van der Waals surface area (Å²) in [6, 6.07) is 9.25. The van der Waals surface area contributed by atoms with E-state index in [0.29, 0.717) is 23.9 Å². The van der Waals surface area contributed by atoms with Crippen LogP contribution >= 0.6 is 24.8 Å². The molecule has 0 aliphatic carbocycles. The number of carbonyl (C=O) groups excluding carboxylic acids is 1. The minimum absolute atomic E-state index is 0. The summed E-state index contributed by atoms with van der Waals surface area (Å²) >= 11 is 0. The Morgan fingerprint density at radius 1 is 1.23 bits per heavy atom. The number of aryl methyl sites for hydroxylation is 2. The van der Waals surface area contributed by atoms with Crippen molar-refractivity contribution in [1.82, 2.24) is 4.98 Å². The molecule has 6 nitrogen and oxygen atoms in total. The van der Waals surface area contributed by atoms with Gasteiger partial charge < -0.3 is 20.5 Å². The molecular formula is C18H25Cl2N3O3. The number of hydrogen-bond acceptors (Lipinski definition) is 5. The molecule has 8 heteroatoms. The molecule has 0 radical (unpaired) electrons. The van der Waals surface area contributed by atoms with E-state index < -0.39 is 0 Å². The number of hydrogen-bond donors (Lipinski definition) is 2. The molecule has 0 aliphatic heterocycles. The summed E-state index contributed by atoms with van der Waals surface area (Å²) in [6.07, 6.45) is 1.61. The largest absolute Gasteiger partial charge is 0.439 e. The number of ether oxygens (including phenoxy) is 2. The number of benzene rings is 1. The summed E-state index contributed by atoms with van der Waals surface area (Å²) in [4.78, 5) is 16.2. The number of nitrogens with one attached hydrogen (secondary N) is 1. The third-order valence-electron chi connectivity index (χ3n) is 3.59. The van der Waals surface area contributed by atoms with Crippen LogP contribution in [0, 0.1) is 13.8 Å². The maximum atomic E-state index is 12.0. The van der Waals surface area contributed by atoms with Crippen molar-refractivity contribution in [1.29, 1.82) is 0 Å². The van der Waals surface area contributed by atoms with Gasteiger partial charge in [-0.05, 0) is 37.1 Å². The van der Waals surface area contributed by atoms with E-state index in [1.807, 2.05) is 38.1 Å². The molecule has 0 bridgehead atoms. The number of nitrogens with zero attached hydrogens (tertiary/aromatic N) is 1. The van der Waals surface area contributed by atoms with E-state index in [1.165, 1.54) is 7.11 Å². The molecule has 144 valence electrons. The number of methoxy groups -OCH3 is 1. The van der Waals surface area contributed by atoms with Gasteiger partial charge in [-0.1, -0.05) is 6.07 Å². The molecule has 26 heavy (non-hydrogen) atoms. The summed E-state index contributed by atoms with van der Waals surface area (Å²) in [7, 11) is 1.54. The second-order valence-electron chi connectivity index (χ2n) is 5.60. The van der Waals surface area contributed by atoms with E-state index in [2.05, 4.69) is 10.3 Å². The number of anilines is 1. The van der Waals surface area contributed by atoms with Crippen LogP contribution in [0.3, 0.4) is 0 Å². The first-order chi connectivity index (χ1) is 11.5. The minimum Gasteiger partial charge on any atom is -0.439 e. The molecule has 3 N–H and O–H groups in total. The van der Waals surface area contributed by atoms with E-state index in [9.17, 15) is 4.79 Å². The summed E-state index contributed by atoms with van der Waals surface area (Å²) in [5.41, 5.74) is 8.20. The van der Waals surface area contributed by atoms with Crippen molar-refractivity contribution < 1.29 is 14.3 Å². The predicted octanol–water partition coefficient (Wildman–Crippen LogP) is 3.64. The molecule has 1 amide bonds. The van der Waals surface area contributed by atoms with Crippen LogP contribution in [-0.4, -0.2) is 30.6 Å². The maximum Gasteiger partial charge on any atom is 0.227 e. The highest BCUT2D eigenvalue weighted by Gasteiger charge is 2.12. The normalized spacial score (nSPS) is 10.9. The molecule has 0 spiro atoms. The lowest BCUT2D eigenvalue weighted by molar-refractivity contribution is -0.118. The Bertz CT molecular complexity index is 710. The summed E-state index contributed by atoms with van der Waals surface area (Å²) in [5, 5.41) is 2.83. The summed E-state index contributed by atoms with van der Waals surface area (Å²) < 4.78 is 11.0. The average Bonchev–Trinajstić information content (AvgIpc) is 2.56. The van der Waals surface area contributed by atoms with Crippen LogP contribution in [0.4, 0.5) is 5.69 Å². The number of halogens is 2. The van der Waals surface area contributed by atoms with Gasteiger partial charge in [0.05, 0.1) is 12.5 Å². The zero-order chi connectivity index (χ0) is 17.5. The highest BCUT2D eigenvalue weighted by Crippen LogP contribution is 2.27. The smallest absolute Gasteiger partial charge is 0.227 e. The lowest BCUT2D eigenvalue weighted by Crippen LogP contribution is -2.28. The molecular weight excluding hydrogens is 377 g/mol. The van der Waals surface area contributed by atoms with Gasteiger partial charge in [0.15, 0.2) is 0 Å². The quantitative estimate of drug-likeness (QED) is 0.739. The Balaban J connectivity index is 0.00000312. The molecule has 1 atom stereocenters. The molecule has 0 saturated carbocycles. The molecule has 1 unspecified atom stereocenters. The van der Waals surface area contributed by atoms with E-state index in [1.54, 1.807) is 12.3 Å². The van der Waals surface area contributed by atoms with Gasteiger partial charge in [-0.25, -0.2) is 4.98 Å². The fourth-order valence-electron chi connectivity index (χ4n) is 2.15. The Morgan fingerprint density at radius 2 is 1.96 bits per heavy atom. The third-order valence-corrected chi connectivity index (χ3v) is 3.59. The Labute approximate surface area is 166 Å². The van der Waals surface area contributed by atoms with Crippen LogP contribution in [0.2, 0.25) is 0 Å². The number of carbonyl (C=O) groups is 1. The van der Waals surface area contributed by atoms with Gasteiger partial charge in [0.25, 0.3) is 0 Å². The molecule has 2 aromatic rings. The van der Waals surface area contributed by atoms with Gasteiger partial charge in [-0.2, -0.15) is 0 Å². The van der Waals surface area contributed by atoms with E-state index >= 15 is 0 Å². The van der Waals surface area contributed by atoms with Gasteiger partial charge in [0.1, 0.15) is 5.75 Å². The first kappa shape index (κ1) is 24.1. The van der Waals surface area contributed by atoms with Gasteiger partial charge in [-0.3, -0.25) is 4.79 Å². The van der Waals surface area contributed by atoms with E-state index in [-0.39, 0.29) is 43.2 Å². The average molecular weight is 402 g/mol. The van der Waals surface area contributed by atoms with Crippen LogP contribution < -0.4 is 15.8 Å². The Kier molecular flexibility index (Phi) is 10.9. The fourth-order valence-corrected chi connectivity index (χ4v) is 2.15. The first-order valence-corrected chi connectivity index (χ1v) is 7.75. The summed E-state index contributed by atoms with van der Waals surface area (Å²) in [6.45, 7) is 4.21. The van der Waals surface area contributed by atoms with Crippen LogP contribution in [0.1, 0.15) is 17.5 Å². The number of aromatic nitrogens is 1. The van der Waals surface area contributed by atoms with Gasteiger partial charge in [0, 0.05) is 37.7 Å². The highest BCUT2D eigenvalue weighted by molar-refractivity contribution is 5.91. The topological polar surface area (TPSA) is 86.5 Å². The first-order valence-electron chi connectivity index (χ1n) is 7.75. The monoisotopic (exact) mass is 401 g/mol. The van der Waals surface area contributed by atoms with Crippen LogP contribution in [0.15, 0.2) is 36.5 Å². The van der Waals surface area contributed by atoms with E-state index in [0.717, 1.165) is 11.1 Å². The lowest BCUT2D eigenvalue weighted by Gasteiger charge is -2.14. The molecule has 1 aromatic carbocycles. The Hall–Kier alpha value is -1.86. The predicted molar refractivity (Wildman–Crippen MR) is 108 cm³/mol. The van der Waals surface area contributed by atoms with Crippen molar-refractivity contribution >= 4 is 36.4 Å². The number of rotatable bonds is 7. The number of pyridine rings is 1. The van der Waals surface area contributed by atoms with Crippen LogP contribution in [0.25, 0.3) is 0 Å². The van der Waals surface area contributed by atoms with Crippen molar-refractivity contribution in [3.05, 3.63) is 47.7 Å². The van der Waals surface area contributed by atoms with Crippen molar-refractivity contribution in [2.45, 2.75) is 26.4 Å². The molecule has 2 rings (SSSR count). The van der Waals surface area contributed by atoms with Gasteiger partial charge in [0.2, 0.25) is 11.8 Å². The molecule has 0 saturated heterocycles. The van der Waals surface area contributed by atoms with Gasteiger partial charge >= 0.3 is 0 Å². The molecule has 0 aliphatic rings. The molecule has 0 fully saturated rings. The molecule has 1 heterocycles. The maximum absolute atomic E-state index is 12.0. The molecule has 1 aromatic heterocycles. The number of nitrogens with two attached hydrogens (primary N) is 1. The Morgan fingerprint density at radius 3 is 2.58 bits per heavy atom. The van der Waals surface area contributed by atoms with Crippen molar-refractivity contribution in [3.63, 3.8) is 0 Å². The minimum atomic E-state index is -0.289.